The summed E-state index contributed by atoms with van der Waals surface area (Å²) in [5, 5.41) is 15.1. The van der Waals surface area contributed by atoms with Gasteiger partial charge in [-0.15, -0.1) is 5.10 Å². The number of phenols is 1. The molecule has 1 fully saturated rings. The van der Waals surface area contributed by atoms with Crippen LogP contribution >= 0.6 is 11.6 Å². The van der Waals surface area contributed by atoms with Gasteiger partial charge in [0.15, 0.2) is 0 Å². The van der Waals surface area contributed by atoms with E-state index >= 15 is 0 Å². The van der Waals surface area contributed by atoms with Crippen molar-refractivity contribution in [2.24, 2.45) is 0 Å². The lowest BCUT2D eigenvalue weighted by Crippen LogP contribution is -2.49. The maximum absolute atomic E-state index is 12.9. The minimum absolute atomic E-state index is 0.184. The average Bonchev–Trinajstić information content (AvgIpc) is 3.10. The van der Waals surface area contributed by atoms with Gasteiger partial charge in [0, 0.05) is 31.2 Å². The Labute approximate surface area is 167 Å². The smallest absolute Gasteiger partial charge is 0.293 e. The molecule has 1 N–H and O–H groups in total. The minimum Gasteiger partial charge on any atom is -0.506 e. The highest BCUT2D eigenvalue weighted by Crippen LogP contribution is 2.27. The molecule has 0 saturated carbocycles. The van der Waals surface area contributed by atoms with Crippen LogP contribution in [0, 0.1) is 6.92 Å². The Bertz CT molecular complexity index is 994. The van der Waals surface area contributed by atoms with Crippen molar-refractivity contribution in [1.29, 1.82) is 0 Å². The van der Waals surface area contributed by atoms with Crippen molar-refractivity contribution >= 4 is 23.2 Å². The molecule has 4 rings (SSSR count). The highest BCUT2D eigenvalue weighted by molar-refractivity contribution is 6.30. The van der Waals surface area contributed by atoms with E-state index in [0.717, 1.165) is 11.4 Å². The second kappa shape index (κ2) is 7.52. The van der Waals surface area contributed by atoms with Crippen LogP contribution in [0.1, 0.15) is 16.4 Å². The highest BCUT2D eigenvalue weighted by Gasteiger charge is 2.26. The molecule has 2 heterocycles. The first-order valence-electron chi connectivity index (χ1n) is 9.05. The van der Waals surface area contributed by atoms with Gasteiger partial charge in [-0.1, -0.05) is 23.7 Å². The van der Waals surface area contributed by atoms with E-state index in [0.29, 0.717) is 37.0 Å². The van der Waals surface area contributed by atoms with Crippen molar-refractivity contribution in [2.45, 2.75) is 6.92 Å². The van der Waals surface area contributed by atoms with Gasteiger partial charge in [-0.3, -0.25) is 4.79 Å². The Kier molecular flexibility index (Phi) is 4.92. The van der Waals surface area contributed by atoms with Gasteiger partial charge < -0.3 is 14.9 Å². The van der Waals surface area contributed by atoms with E-state index < -0.39 is 0 Å². The normalized spacial score (nSPS) is 14.4. The van der Waals surface area contributed by atoms with E-state index in [1.54, 1.807) is 33.8 Å². The summed E-state index contributed by atoms with van der Waals surface area (Å²) in [4.78, 5) is 21.0. The van der Waals surface area contributed by atoms with Crippen LogP contribution in [-0.4, -0.2) is 56.9 Å². The summed E-state index contributed by atoms with van der Waals surface area (Å²) in [5.41, 5.74) is 1.59. The number of para-hydroxylation sites is 2. The molecule has 3 aromatic rings. The Morgan fingerprint density at radius 2 is 1.71 bits per heavy atom. The Morgan fingerprint density at radius 3 is 2.39 bits per heavy atom. The van der Waals surface area contributed by atoms with E-state index in [9.17, 15) is 9.90 Å². The summed E-state index contributed by atoms with van der Waals surface area (Å²) < 4.78 is 1.64. The fraction of sp³-hybridized carbons (Fsp3) is 0.250. The molecule has 0 radical (unpaired) electrons. The fourth-order valence-electron chi connectivity index (χ4n) is 3.33. The summed E-state index contributed by atoms with van der Waals surface area (Å²) in [6.07, 6.45) is 0. The van der Waals surface area contributed by atoms with Crippen LogP contribution in [0.2, 0.25) is 5.02 Å². The number of hydrogen-bond acceptors (Lipinski definition) is 5. The van der Waals surface area contributed by atoms with Crippen molar-refractivity contribution in [3.05, 3.63) is 65.2 Å². The Balaban J connectivity index is 1.47. The van der Waals surface area contributed by atoms with Crippen molar-refractivity contribution in [3.63, 3.8) is 0 Å². The third-order valence-corrected chi connectivity index (χ3v) is 5.07. The van der Waals surface area contributed by atoms with Crippen LogP contribution < -0.4 is 4.90 Å². The lowest BCUT2D eigenvalue weighted by molar-refractivity contribution is 0.0734. The van der Waals surface area contributed by atoms with Gasteiger partial charge in [0.2, 0.25) is 5.82 Å². The standard InChI is InChI=1S/C20H20ClN5O2/c1-14-22-19(23-26(14)16-8-6-15(21)7-9-16)20(28)25-12-10-24(11-13-25)17-4-2-3-5-18(17)27/h2-9,27H,10-13H2,1H3. The number of carbonyl (C=O) groups excluding carboxylic acids is 1. The van der Waals surface area contributed by atoms with Gasteiger partial charge in [0.05, 0.1) is 11.4 Å². The number of aromatic nitrogens is 3. The number of halogens is 1. The molecule has 1 aliphatic rings. The molecule has 2 aromatic carbocycles. The lowest BCUT2D eigenvalue weighted by atomic mass is 10.2. The summed E-state index contributed by atoms with van der Waals surface area (Å²) in [5.74, 6) is 0.885. The molecule has 8 heteroatoms. The summed E-state index contributed by atoms with van der Waals surface area (Å²) in [6, 6.07) is 14.5. The highest BCUT2D eigenvalue weighted by atomic mass is 35.5. The second-order valence-electron chi connectivity index (χ2n) is 6.64. The summed E-state index contributed by atoms with van der Waals surface area (Å²) >= 11 is 5.94. The van der Waals surface area contributed by atoms with Gasteiger partial charge in [-0.05, 0) is 43.3 Å². The van der Waals surface area contributed by atoms with E-state index in [-0.39, 0.29) is 17.5 Å². The molecule has 0 spiro atoms. The van der Waals surface area contributed by atoms with E-state index in [2.05, 4.69) is 15.0 Å². The number of benzene rings is 2. The summed E-state index contributed by atoms with van der Waals surface area (Å²) in [7, 11) is 0. The largest absolute Gasteiger partial charge is 0.506 e. The number of aromatic hydroxyl groups is 1. The van der Waals surface area contributed by atoms with Gasteiger partial charge in [0.25, 0.3) is 5.91 Å². The molecule has 0 bridgehead atoms. The van der Waals surface area contributed by atoms with Crippen LogP contribution in [-0.2, 0) is 0 Å². The van der Waals surface area contributed by atoms with Crippen LogP contribution in [0.15, 0.2) is 48.5 Å². The van der Waals surface area contributed by atoms with Crippen LogP contribution in [0.5, 0.6) is 5.75 Å². The molecule has 1 amide bonds. The minimum atomic E-state index is -0.187. The first-order valence-corrected chi connectivity index (χ1v) is 9.42. The number of hydrogen-bond donors (Lipinski definition) is 1. The third-order valence-electron chi connectivity index (χ3n) is 4.82. The number of phenolic OH excluding ortho intramolecular Hbond substituents is 1. The molecule has 28 heavy (non-hydrogen) atoms. The zero-order chi connectivity index (χ0) is 19.7. The number of amides is 1. The van der Waals surface area contributed by atoms with E-state index in [1.165, 1.54) is 0 Å². The molecule has 144 valence electrons. The van der Waals surface area contributed by atoms with Gasteiger partial charge in [-0.2, -0.15) is 0 Å². The number of piperazine rings is 1. The number of aryl methyl sites for hydroxylation is 1. The molecule has 0 aliphatic carbocycles. The van der Waals surface area contributed by atoms with E-state index in [1.807, 2.05) is 31.2 Å². The first-order chi connectivity index (χ1) is 13.5. The van der Waals surface area contributed by atoms with Crippen molar-refractivity contribution in [3.8, 4) is 11.4 Å². The molecular formula is C20H20ClN5O2. The van der Waals surface area contributed by atoms with Crippen LogP contribution in [0.4, 0.5) is 5.69 Å². The molecule has 0 unspecified atom stereocenters. The van der Waals surface area contributed by atoms with Crippen LogP contribution in [0.25, 0.3) is 5.69 Å². The topological polar surface area (TPSA) is 74.5 Å². The SMILES string of the molecule is Cc1nc(C(=O)N2CCN(c3ccccc3O)CC2)nn1-c1ccc(Cl)cc1. The van der Waals surface area contributed by atoms with Gasteiger partial charge in [0.1, 0.15) is 11.6 Å². The van der Waals surface area contributed by atoms with Gasteiger partial charge in [-0.25, -0.2) is 9.67 Å². The average molecular weight is 398 g/mol. The number of nitrogens with zero attached hydrogens (tertiary/aromatic N) is 5. The summed E-state index contributed by atoms with van der Waals surface area (Å²) in [6.45, 7) is 4.18. The molecule has 0 atom stereocenters. The molecule has 1 saturated heterocycles. The van der Waals surface area contributed by atoms with Crippen LogP contribution in [0.3, 0.4) is 0 Å². The number of anilines is 1. The monoisotopic (exact) mass is 397 g/mol. The fourth-order valence-corrected chi connectivity index (χ4v) is 3.46. The third kappa shape index (κ3) is 3.53. The van der Waals surface area contributed by atoms with Crippen molar-refractivity contribution < 1.29 is 9.90 Å². The van der Waals surface area contributed by atoms with Gasteiger partial charge >= 0.3 is 0 Å². The molecule has 7 nitrogen and oxygen atoms in total. The predicted octanol–water partition coefficient (Wildman–Crippen LogP) is 2.90. The zero-order valence-corrected chi connectivity index (χ0v) is 16.2. The van der Waals surface area contributed by atoms with Crippen molar-refractivity contribution in [2.75, 3.05) is 31.1 Å². The van der Waals surface area contributed by atoms with Crippen molar-refractivity contribution in [1.82, 2.24) is 19.7 Å². The zero-order valence-electron chi connectivity index (χ0n) is 15.4. The molecular weight excluding hydrogens is 378 g/mol. The first kappa shape index (κ1) is 18.3. The predicted molar refractivity (Wildman–Crippen MR) is 107 cm³/mol. The maximum atomic E-state index is 12.9. The lowest BCUT2D eigenvalue weighted by Gasteiger charge is -2.35. The molecule has 1 aromatic heterocycles. The quantitative estimate of drug-likeness (QED) is 0.735. The second-order valence-corrected chi connectivity index (χ2v) is 7.08. The Morgan fingerprint density at radius 1 is 1.04 bits per heavy atom. The maximum Gasteiger partial charge on any atom is 0.293 e. The van der Waals surface area contributed by atoms with E-state index in [4.69, 9.17) is 11.6 Å². The molecule has 1 aliphatic heterocycles. The number of rotatable bonds is 3. The number of carbonyl (C=O) groups is 1. The Hall–Kier alpha value is -3.06.